The van der Waals surface area contributed by atoms with Gasteiger partial charge in [0, 0.05) is 49.1 Å². The number of allylic oxidation sites excluding steroid dienone is 2. The normalized spacial score (nSPS) is 23.8. The van der Waals surface area contributed by atoms with Gasteiger partial charge in [0.15, 0.2) is 5.78 Å². The summed E-state index contributed by atoms with van der Waals surface area (Å²) in [5.41, 5.74) is 2.50. The summed E-state index contributed by atoms with van der Waals surface area (Å²) in [6.45, 7) is 4.16. The standard InChI is InChI=1S/C19H23ClN2O2/c1-19(2)10-15-18(16(23)11-19)14(9-17(24)22(15)21(3)4)12-5-7-13(20)8-6-12/h5-8,14H,9-11H2,1-4H3. The smallest absolute Gasteiger partial charge is 0.242 e. The molecule has 3 rings (SSSR count). The van der Waals surface area contributed by atoms with E-state index in [4.69, 9.17) is 11.6 Å². The van der Waals surface area contributed by atoms with Crippen molar-refractivity contribution in [2.24, 2.45) is 5.41 Å². The van der Waals surface area contributed by atoms with Crippen LogP contribution in [-0.4, -0.2) is 35.8 Å². The maximum absolute atomic E-state index is 12.9. The Morgan fingerprint density at radius 1 is 1.12 bits per heavy atom. The Morgan fingerprint density at radius 2 is 1.75 bits per heavy atom. The second-order valence-electron chi connectivity index (χ2n) is 7.66. The largest absolute Gasteiger partial charge is 0.294 e. The van der Waals surface area contributed by atoms with Gasteiger partial charge in [-0.3, -0.25) is 9.59 Å². The number of carbonyl (C=O) groups excluding carboxylic acids is 2. The molecule has 0 radical (unpaired) electrons. The lowest BCUT2D eigenvalue weighted by Crippen LogP contribution is -2.49. The van der Waals surface area contributed by atoms with Gasteiger partial charge in [-0.25, -0.2) is 10.0 Å². The van der Waals surface area contributed by atoms with Crippen molar-refractivity contribution in [3.05, 3.63) is 46.1 Å². The number of benzene rings is 1. The topological polar surface area (TPSA) is 40.6 Å². The van der Waals surface area contributed by atoms with Crippen LogP contribution in [0.3, 0.4) is 0 Å². The molecule has 0 aromatic heterocycles. The van der Waals surface area contributed by atoms with E-state index in [1.165, 1.54) is 0 Å². The molecule has 1 aromatic rings. The van der Waals surface area contributed by atoms with Crippen LogP contribution in [-0.2, 0) is 9.59 Å². The third-order valence-electron chi connectivity index (χ3n) is 4.79. The Hall–Kier alpha value is -1.65. The van der Waals surface area contributed by atoms with Gasteiger partial charge in [-0.15, -0.1) is 0 Å². The van der Waals surface area contributed by atoms with E-state index in [1.54, 1.807) is 10.0 Å². The molecule has 4 nitrogen and oxygen atoms in total. The van der Waals surface area contributed by atoms with Crippen LogP contribution < -0.4 is 0 Å². The molecule has 0 bridgehead atoms. The van der Waals surface area contributed by atoms with Crippen LogP contribution in [0.5, 0.6) is 0 Å². The first-order valence-corrected chi connectivity index (χ1v) is 8.59. The van der Waals surface area contributed by atoms with Crippen LogP contribution in [0.1, 0.15) is 44.6 Å². The van der Waals surface area contributed by atoms with Gasteiger partial charge in [-0.1, -0.05) is 37.6 Å². The lowest BCUT2D eigenvalue weighted by molar-refractivity contribution is -0.143. The van der Waals surface area contributed by atoms with Gasteiger partial charge in [-0.2, -0.15) is 0 Å². The zero-order chi connectivity index (χ0) is 17.6. The summed E-state index contributed by atoms with van der Waals surface area (Å²) in [6.07, 6.45) is 1.55. The number of halogens is 1. The van der Waals surface area contributed by atoms with Crippen LogP contribution >= 0.6 is 11.6 Å². The minimum atomic E-state index is -0.176. The van der Waals surface area contributed by atoms with Gasteiger partial charge in [0.1, 0.15) is 0 Å². The van der Waals surface area contributed by atoms with Gasteiger partial charge < -0.3 is 0 Å². The van der Waals surface area contributed by atoms with E-state index < -0.39 is 0 Å². The number of ketones is 1. The first kappa shape index (κ1) is 17.2. The predicted octanol–water partition coefficient (Wildman–Crippen LogP) is 3.78. The van der Waals surface area contributed by atoms with E-state index in [2.05, 4.69) is 13.8 Å². The molecule has 1 unspecified atom stereocenters. The Kier molecular flexibility index (Phi) is 4.30. The van der Waals surface area contributed by atoms with E-state index in [-0.39, 0.29) is 23.0 Å². The highest BCUT2D eigenvalue weighted by molar-refractivity contribution is 6.30. The highest BCUT2D eigenvalue weighted by Gasteiger charge is 2.44. The van der Waals surface area contributed by atoms with Crippen molar-refractivity contribution in [1.29, 1.82) is 0 Å². The van der Waals surface area contributed by atoms with Crippen molar-refractivity contribution in [2.75, 3.05) is 14.1 Å². The molecule has 1 aliphatic carbocycles. The van der Waals surface area contributed by atoms with E-state index in [0.717, 1.165) is 23.3 Å². The average Bonchev–Trinajstić information content (AvgIpc) is 2.44. The second kappa shape index (κ2) is 6.01. The summed E-state index contributed by atoms with van der Waals surface area (Å²) in [7, 11) is 3.69. The van der Waals surface area contributed by atoms with Crippen LogP contribution in [0, 0.1) is 5.41 Å². The number of hydrogen-bond acceptors (Lipinski definition) is 3. The third-order valence-corrected chi connectivity index (χ3v) is 5.04. The molecular weight excluding hydrogens is 324 g/mol. The third kappa shape index (κ3) is 3.01. The minimum Gasteiger partial charge on any atom is -0.294 e. The molecule has 1 aromatic carbocycles. The Labute approximate surface area is 148 Å². The van der Waals surface area contributed by atoms with Crippen LogP contribution in [0.25, 0.3) is 0 Å². The minimum absolute atomic E-state index is 0.0317. The number of amides is 1. The maximum atomic E-state index is 12.9. The van der Waals surface area contributed by atoms with Crippen molar-refractivity contribution in [1.82, 2.24) is 10.0 Å². The molecule has 0 saturated heterocycles. The zero-order valence-corrected chi connectivity index (χ0v) is 15.4. The Balaban J connectivity index is 2.15. The maximum Gasteiger partial charge on any atom is 0.242 e. The summed E-state index contributed by atoms with van der Waals surface area (Å²) in [5.74, 6) is 0.00863. The SMILES string of the molecule is CN(C)N1C(=O)CC(c2ccc(Cl)cc2)C2=C1CC(C)(C)CC2=O. The molecule has 1 amide bonds. The van der Waals surface area contributed by atoms with E-state index >= 15 is 0 Å². The van der Waals surface area contributed by atoms with Gasteiger partial charge in [0.05, 0.1) is 0 Å². The molecule has 24 heavy (non-hydrogen) atoms. The van der Waals surface area contributed by atoms with Gasteiger partial charge in [0.2, 0.25) is 5.91 Å². The molecular formula is C19H23ClN2O2. The number of carbonyl (C=O) groups is 2. The number of hydrazine groups is 1. The monoisotopic (exact) mass is 346 g/mol. The fraction of sp³-hybridized carbons (Fsp3) is 0.474. The highest BCUT2D eigenvalue weighted by Crippen LogP contribution is 2.47. The van der Waals surface area contributed by atoms with Crippen LogP contribution in [0.15, 0.2) is 35.5 Å². The fourth-order valence-corrected chi connectivity index (χ4v) is 3.97. The van der Waals surface area contributed by atoms with Crippen molar-refractivity contribution in [2.45, 2.75) is 39.0 Å². The number of rotatable bonds is 2. The average molecular weight is 347 g/mol. The van der Waals surface area contributed by atoms with Crippen LogP contribution in [0.4, 0.5) is 0 Å². The lowest BCUT2D eigenvalue weighted by Gasteiger charge is -2.44. The molecule has 1 heterocycles. The number of hydrogen-bond donors (Lipinski definition) is 0. The first-order chi connectivity index (χ1) is 11.2. The summed E-state index contributed by atoms with van der Waals surface area (Å²) in [4.78, 5) is 25.7. The quantitative estimate of drug-likeness (QED) is 0.818. The highest BCUT2D eigenvalue weighted by atomic mass is 35.5. The van der Waals surface area contributed by atoms with E-state index in [0.29, 0.717) is 17.9 Å². The molecule has 0 fully saturated rings. The molecule has 1 atom stereocenters. The molecule has 128 valence electrons. The molecule has 0 N–H and O–H groups in total. The Bertz CT molecular complexity index is 719. The predicted molar refractivity (Wildman–Crippen MR) is 94.4 cm³/mol. The van der Waals surface area contributed by atoms with Crippen molar-refractivity contribution >= 4 is 23.3 Å². The van der Waals surface area contributed by atoms with Gasteiger partial charge in [0.25, 0.3) is 0 Å². The molecule has 0 saturated carbocycles. The molecule has 5 heteroatoms. The number of Topliss-reactive ketones (excluding diaryl/α,β-unsaturated/α-hetero) is 1. The molecule has 2 aliphatic rings. The summed E-state index contributed by atoms with van der Waals surface area (Å²) in [5, 5.41) is 4.12. The van der Waals surface area contributed by atoms with Gasteiger partial charge in [-0.05, 0) is 29.5 Å². The first-order valence-electron chi connectivity index (χ1n) is 8.21. The fourth-order valence-electron chi connectivity index (χ4n) is 3.84. The van der Waals surface area contributed by atoms with Gasteiger partial charge >= 0.3 is 0 Å². The van der Waals surface area contributed by atoms with Crippen molar-refractivity contribution in [3.8, 4) is 0 Å². The zero-order valence-electron chi connectivity index (χ0n) is 14.6. The summed E-state index contributed by atoms with van der Waals surface area (Å²) in [6, 6.07) is 7.47. The Morgan fingerprint density at radius 3 is 2.33 bits per heavy atom. The summed E-state index contributed by atoms with van der Waals surface area (Å²) < 4.78 is 0. The second-order valence-corrected chi connectivity index (χ2v) is 8.10. The van der Waals surface area contributed by atoms with Crippen molar-refractivity contribution in [3.63, 3.8) is 0 Å². The lowest BCUT2D eigenvalue weighted by atomic mass is 9.69. The van der Waals surface area contributed by atoms with Crippen LogP contribution in [0.2, 0.25) is 5.02 Å². The van der Waals surface area contributed by atoms with Crippen molar-refractivity contribution < 1.29 is 9.59 Å². The molecule has 0 spiro atoms. The number of nitrogens with zero attached hydrogens (tertiary/aromatic N) is 2. The van der Waals surface area contributed by atoms with E-state index in [1.807, 2.05) is 38.4 Å². The summed E-state index contributed by atoms with van der Waals surface area (Å²) >= 11 is 5.99. The van der Waals surface area contributed by atoms with E-state index in [9.17, 15) is 9.59 Å². The molecule has 1 aliphatic heterocycles.